The second-order valence-corrected chi connectivity index (χ2v) is 24.7. The zero-order valence-electron chi connectivity index (χ0n) is 3.22. The number of hydrogen-bond acceptors (Lipinski definition) is 2. The Bertz CT molecular complexity index is 90.8. The fraction of sp³-hybridized carbons (Fsp3) is 1.00. The van der Waals surface area contributed by atoms with Crippen molar-refractivity contribution >= 4 is 19.6 Å². The minimum absolute atomic E-state index is 2.00. The van der Waals surface area contributed by atoms with E-state index >= 15 is 0 Å². The van der Waals surface area contributed by atoms with E-state index in [1.807, 2.05) is 10.6 Å². The predicted octanol–water partition coefficient (Wildman–Crippen LogP) is 2.46. The Morgan fingerprint density at radius 2 is 1.20 bits per heavy atom. The van der Waals surface area contributed by atoms with Crippen LogP contribution in [0.3, 0.4) is 0 Å². The summed E-state index contributed by atoms with van der Waals surface area (Å²) < 4.78 is 0. The summed E-state index contributed by atoms with van der Waals surface area (Å²) in [6.07, 6.45) is 0. The van der Waals surface area contributed by atoms with Crippen LogP contribution in [0.15, 0.2) is 0 Å². The van der Waals surface area contributed by atoms with Crippen LogP contribution < -0.4 is 0 Å². The van der Waals surface area contributed by atoms with E-state index in [1.165, 1.54) is 0 Å². The van der Waals surface area contributed by atoms with E-state index in [9.17, 15) is 0 Å². The van der Waals surface area contributed by atoms with Crippen molar-refractivity contribution in [3.63, 3.8) is 0 Å². The van der Waals surface area contributed by atoms with Gasteiger partial charge in [0.2, 0.25) is 0 Å². The molecule has 0 saturated carbocycles. The van der Waals surface area contributed by atoms with Gasteiger partial charge >= 0.3 is 42.7 Å². The summed E-state index contributed by atoms with van der Waals surface area (Å²) in [6, 6.07) is 0. The molecule has 0 aliphatic rings. The Morgan fingerprint density at radius 1 is 1.20 bits per heavy atom. The summed E-state index contributed by atoms with van der Waals surface area (Å²) in [4.78, 5) is 0. The molecule has 0 aliphatic heterocycles. The Hall–Kier alpha value is 1.13. The molecule has 0 aromatic heterocycles. The maximum absolute atomic E-state index is 4.85. The van der Waals surface area contributed by atoms with E-state index in [4.69, 9.17) is 19.6 Å². The van der Waals surface area contributed by atoms with Gasteiger partial charge in [-0.2, -0.15) is 0 Å². The van der Waals surface area contributed by atoms with Crippen LogP contribution in [0, 0.1) is 0 Å². The molecule has 0 atom stereocenters. The third-order valence-electron chi connectivity index (χ3n) is 0. The summed E-state index contributed by atoms with van der Waals surface area (Å²) in [5.74, 6) is 0. The van der Waals surface area contributed by atoms with Crippen LogP contribution in [0.1, 0.15) is 0 Å². The van der Waals surface area contributed by atoms with E-state index in [1.54, 1.807) is 0 Å². The summed E-state index contributed by atoms with van der Waals surface area (Å²) in [6.45, 7) is 0. The van der Waals surface area contributed by atoms with Gasteiger partial charge in [0, 0.05) is 0 Å². The molecule has 0 aromatic rings. The first-order chi connectivity index (χ1) is 2.00. The van der Waals surface area contributed by atoms with Gasteiger partial charge in [-0.15, -0.1) is 0 Å². The first-order valence-corrected chi connectivity index (χ1v) is 14.9. The van der Waals surface area contributed by atoms with Gasteiger partial charge in [-0.1, -0.05) is 0 Å². The Balaban J connectivity index is 4.06. The van der Waals surface area contributed by atoms with Crippen LogP contribution in [0.25, 0.3) is 0 Å². The third kappa shape index (κ3) is 39.4. The minimum atomic E-state index is -2.00. The quantitative estimate of drug-likeness (QED) is 0.667. The zero-order chi connectivity index (χ0) is 4.50. The van der Waals surface area contributed by atoms with Gasteiger partial charge in [-0.25, -0.2) is 0 Å². The maximum atomic E-state index is 4.85. The molecule has 0 saturated heterocycles. The number of rotatable bonds is 0. The second kappa shape index (κ2) is 1.72. The van der Waals surface area contributed by atoms with Crippen molar-refractivity contribution in [3.8, 4) is 0 Å². The van der Waals surface area contributed by atoms with Gasteiger partial charge in [0.05, 0.1) is 0 Å². The van der Waals surface area contributed by atoms with Gasteiger partial charge in [0.1, 0.15) is 0 Å². The fourth-order valence-electron chi connectivity index (χ4n) is 0. The number of hydrogen-bond donors (Lipinski definition) is 0. The molecular formula is C2H6S2W. The molecular weight excluding hydrogens is 272 g/mol. The van der Waals surface area contributed by atoms with Crippen LogP contribution in [0.5, 0.6) is 0 Å². The molecule has 0 nitrogen and oxygen atoms in total. The van der Waals surface area contributed by atoms with Crippen molar-refractivity contribution in [2.45, 2.75) is 10.6 Å². The van der Waals surface area contributed by atoms with Gasteiger partial charge in [0.15, 0.2) is 0 Å². The monoisotopic (exact) mass is 278 g/mol. The molecule has 0 heterocycles. The van der Waals surface area contributed by atoms with Crippen LogP contribution in [-0.4, -0.2) is 0 Å². The first kappa shape index (κ1) is 6.13. The molecule has 5 heavy (non-hydrogen) atoms. The molecule has 0 fully saturated rings. The molecule has 0 spiro atoms. The average molecular weight is 278 g/mol. The van der Waals surface area contributed by atoms with Crippen molar-refractivity contribution in [2.75, 3.05) is 0 Å². The van der Waals surface area contributed by atoms with Crippen LogP contribution in [0.2, 0.25) is 10.6 Å². The van der Waals surface area contributed by atoms with E-state index in [-0.39, 0.29) is 0 Å². The van der Waals surface area contributed by atoms with E-state index in [0.717, 1.165) is 0 Å². The van der Waals surface area contributed by atoms with Crippen LogP contribution >= 0.6 is 19.6 Å². The molecule has 0 unspecified atom stereocenters. The van der Waals surface area contributed by atoms with Crippen molar-refractivity contribution in [1.82, 2.24) is 0 Å². The van der Waals surface area contributed by atoms with E-state index in [2.05, 4.69) is 0 Å². The van der Waals surface area contributed by atoms with Gasteiger partial charge < -0.3 is 0 Å². The molecule has 0 N–H and O–H groups in total. The molecule has 3 heteroatoms. The average Bonchev–Trinajstić information content (AvgIpc) is 0.722. The summed E-state index contributed by atoms with van der Waals surface area (Å²) in [5, 5.41) is 4.05. The summed E-state index contributed by atoms with van der Waals surface area (Å²) in [7, 11) is 9.70. The van der Waals surface area contributed by atoms with Gasteiger partial charge in [-0.05, 0) is 0 Å². The van der Waals surface area contributed by atoms with Crippen molar-refractivity contribution in [3.05, 3.63) is 0 Å². The van der Waals surface area contributed by atoms with E-state index < -0.39 is 12.4 Å². The van der Waals surface area contributed by atoms with Crippen molar-refractivity contribution in [1.29, 1.82) is 0 Å². The van der Waals surface area contributed by atoms with Gasteiger partial charge in [0.25, 0.3) is 0 Å². The topological polar surface area (TPSA) is 0 Å². The van der Waals surface area contributed by atoms with Crippen molar-refractivity contribution < 1.29 is 12.4 Å². The summed E-state index contributed by atoms with van der Waals surface area (Å²) in [5.41, 5.74) is 0. The molecule has 0 bridgehead atoms. The van der Waals surface area contributed by atoms with E-state index in [0.29, 0.717) is 0 Å². The fourth-order valence-corrected chi connectivity index (χ4v) is 0. The first-order valence-electron chi connectivity index (χ1n) is 1.15. The molecule has 0 aromatic carbocycles. The van der Waals surface area contributed by atoms with Crippen LogP contribution in [-0.2, 0) is 12.4 Å². The predicted molar refractivity (Wildman–Crippen MR) is 26.9 cm³/mol. The third-order valence-corrected chi connectivity index (χ3v) is 0. The molecule has 0 aliphatic carbocycles. The van der Waals surface area contributed by atoms with Gasteiger partial charge in [-0.3, -0.25) is 0 Å². The van der Waals surface area contributed by atoms with Crippen LogP contribution in [0.4, 0.5) is 0 Å². The Morgan fingerprint density at radius 3 is 1.20 bits per heavy atom. The second-order valence-electron chi connectivity index (χ2n) is 1.14. The molecule has 0 rings (SSSR count). The standard InChI is InChI=1S/2CH3.2S.W/h2*1H3;;;. The molecule has 32 valence electrons. The zero-order valence-corrected chi connectivity index (χ0v) is 7.79. The SMILES string of the molecule is [CH3][W]([CH3])(=[S])=[S]. The Labute approximate surface area is 42.7 Å². The van der Waals surface area contributed by atoms with Crippen molar-refractivity contribution in [2.24, 2.45) is 0 Å². The normalized spacial score (nSPS) is 11.6. The molecule has 0 radical (unpaired) electrons. The Kier molecular flexibility index (Phi) is 2.11. The molecule has 0 amide bonds. The summed E-state index contributed by atoms with van der Waals surface area (Å²) >= 11 is -2.00.